The Labute approximate surface area is 116 Å². The van der Waals surface area contributed by atoms with Gasteiger partial charge in [-0.15, -0.1) is 0 Å². The molecule has 0 amide bonds. The van der Waals surface area contributed by atoms with Gasteiger partial charge in [0, 0.05) is 11.3 Å². The number of aromatic amines is 1. The van der Waals surface area contributed by atoms with E-state index in [1.165, 1.54) is 0 Å². The molecule has 1 aromatic carbocycles. The van der Waals surface area contributed by atoms with Gasteiger partial charge in [0.05, 0.1) is 24.3 Å². The van der Waals surface area contributed by atoms with Crippen molar-refractivity contribution in [1.29, 1.82) is 5.26 Å². The molecule has 6 heteroatoms. The van der Waals surface area contributed by atoms with E-state index in [0.717, 1.165) is 29.8 Å². The van der Waals surface area contributed by atoms with Crippen LogP contribution in [0.15, 0.2) is 41.8 Å². The normalized spacial score (nSPS) is 14.7. The number of hydrogen-bond donors (Lipinski definition) is 3. The molecule has 2 aromatic rings. The lowest BCUT2D eigenvalue weighted by Gasteiger charge is -2.09. The van der Waals surface area contributed by atoms with Gasteiger partial charge in [0.15, 0.2) is 6.19 Å². The first kappa shape index (κ1) is 12.2. The van der Waals surface area contributed by atoms with E-state index >= 15 is 0 Å². The zero-order chi connectivity index (χ0) is 13.8. The third-order valence-electron chi connectivity index (χ3n) is 2.97. The van der Waals surface area contributed by atoms with E-state index in [-0.39, 0.29) is 0 Å². The van der Waals surface area contributed by atoms with Crippen molar-refractivity contribution in [1.82, 2.24) is 15.3 Å². The molecule has 0 saturated heterocycles. The van der Waals surface area contributed by atoms with Crippen molar-refractivity contribution in [2.24, 2.45) is 4.99 Å². The van der Waals surface area contributed by atoms with Gasteiger partial charge >= 0.3 is 0 Å². The summed E-state index contributed by atoms with van der Waals surface area (Å²) in [6.07, 6.45) is 7.50. The summed E-state index contributed by atoms with van der Waals surface area (Å²) in [5.41, 5.74) is 2.84. The molecule has 0 spiro atoms. The molecule has 1 heterocycles. The van der Waals surface area contributed by atoms with Crippen molar-refractivity contribution in [3.05, 3.63) is 36.8 Å². The Morgan fingerprint density at radius 3 is 3.05 bits per heavy atom. The number of H-pyrrole nitrogens is 1. The van der Waals surface area contributed by atoms with Crippen LogP contribution in [0.5, 0.6) is 0 Å². The number of anilines is 1. The van der Waals surface area contributed by atoms with Crippen molar-refractivity contribution in [2.45, 2.75) is 18.9 Å². The highest BCUT2D eigenvalue weighted by atomic mass is 15.2. The van der Waals surface area contributed by atoms with Gasteiger partial charge in [0.1, 0.15) is 0 Å². The van der Waals surface area contributed by atoms with Gasteiger partial charge in [-0.2, -0.15) is 5.26 Å². The zero-order valence-electron chi connectivity index (χ0n) is 10.8. The molecule has 0 unspecified atom stereocenters. The predicted molar refractivity (Wildman–Crippen MR) is 76.9 cm³/mol. The Balaban J connectivity index is 1.80. The van der Waals surface area contributed by atoms with Gasteiger partial charge in [-0.05, 0) is 25.0 Å². The van der Waals surface area contributed by atoms with Crippen LogP contribution in [0.3, 0.4) is 0 Å². The monoisotopic (exact) mass is 266 g/mol. The Kier molecular flexibility index (Phi) is 3.33. The molecule has 1 aromatic heterocycles. The highest BCUT2D eigenvalue weighted by Gasteiger charge is 2.21. The quantitative estimate of drug-likeness (QED) is 0.343. The molecular weight excluding hydrogens is 252 g/mol. The van der Waals surface area contributed by atoms with Crippen LogP contribution in [0.25, 0.3) is 11.3 Å². The van der Waals surface area contributed by atoms with E-state index < -0.39 is 0 Å². The van der Waals surface area contributed by atoms with Gasteiger partial charge in [0.2, 0.25) is 5.96 Å². The highest BCUT2D eigenvalue weighted by molar-refractivity contribution is 5.95. The Hall–Kier alpha value is -2.81. The second kappa shape index (κ2) is 5.45. The maximum atomic E-state index is 8.76. The summed E-state index contributed by atoms with van der Waals surface area (Å²) < 4.78 is 0. The fourth-order valence-corrected chi connectivity index (χ4v) is 1.85. The fraction of sp³-hybridized carbons (Fsp3) is 0.214. The average molecular weight is 266 g/mol. The van der Waals surface area contributed by atoms with Crippen LogP contribution in [0.2, 0.25) is 0 Å². The highest BCUT2D eigenvalue weighted by Crippen LogP contribution is 2.24. The molecule has 3 rings (SSSR count). The number of nitrogens with zero attached hydrogens (tertiary/aromatic N) is 3. The number of rotatable bonds is 3. The molecule has 1 fully saturated rings. The Bertz CT molecular complexity index is 649. The third kappa shape index (κ3) is 2.95. The first-order chi connectivity index (χ1) is 9.85. The van der Waals surface area contributed by atoms with E-state index in [1.807, 2.05) is 30.5 Å². The maximum absolute atomic E-state index is 8.76. The molecule has 0 aliphatic heterocycles. The molecule has 6 nitrogen and oxygen atoms in total. The number of guanidine groups is 1. The second-order valence-corrected chi connectivity index (χ2v) is 4.62. The number of imidazole rings is 1. The summed E-state index contributed by atoms with van der Waals surface area (Å²) >= 11 is 0. The SMILES string of the molecule is N#CNC(=NC1CC1)Nc1cccc(-c2cnc[nH]2)c1. The lowest BCUT2D eigenvalue weighted by Crippen LogP contribution is -2.27. The van der Waals surface area contributed by atoms with Crippen molar-refractivity contribution >= 4 is 11.6 Å². The minimum absolute atomic E-state index is 0.342. The van der Waals surface area contributed by atoms with E-state index in [2.05, 4.69) is 25.6 Å². The number of benzene rings is 1. The van der Waals surface area contributed by atoms with Crippen LogP contribution in [0.1, 0.15) is 12.8 Å². The van der Waals surface area contributed by atoms with Crippen molar-refractivity contribution in [2.75, 3.05) is 5.32 Å². The van der Waals surface area contributed by atoms with Gasteiger partial charge in [0.25, 0.3) is 0 Å². The summed E-state index contributed by atoms with van der Waals surface area (Å²) in [7, 11) is 0. The molecule has 1 saturated carbocycles. The minimum atomic E-state index is 0.342. The molecule has 20 heavy (non-hydrogen) atoms. The van der Waals surface area contributed by atoms with Gasteiger partial charge in [-0.3, -0.25) is 5.32 Å². The summed E-state index contributed by atoms with van der Waals surface area (Å²) in [6.45, 7) is 0. The van der Waals surface area contributed by atoms with Gasteiger partial charge < -0.3 is 10.3 Å². The van der Waals surface area contributed by atoms with E-state index in [0.29, 0.717) is 12.0 Å². The summed E-state index contributed by atoms with van der Waals surface area (Å²) in [6, 6.07) is 8.19. The summed E-state index contributed by atoms with van der Waals surface area (Å²) in [4.78, 5) is 11.5. The fourth-order valence-electron chi connectivity index (χ4n) is 1.85. The molecule has 1 aliphatic carbocycles. The minimum Gasteiger partial charge on any atom is -0.345 e. The maximum Gasteiger partial charge on any atom is 0.209 e. The van der Waals surface area contributed by atoms with Crippen LogP contribution in [-0.2, 0) is 0 Å². The molecule has 0 bridgehead atoms. The second-order valence-electron chi connectivity index (χ2n) is 4.62. The number of hydrogen-bond acceptors (Lipinski definition) is 3. The lowest BCUT2D eigenvalue weighted by molar-refractivity contribution is 1.04. The van der Waals surface area contributed by atoms with E-state index in [1.54, 1.807) is 12.5 Å². The van der Waals surface area contributed by atoms with Crippen molar-refractivity contribution < 1.29 is 0 Å². The zero-order valence-corrected chi connectivity index (χ0v) is 10.8. The first-order valence-electron chi connectivity index (χ1n) is 6.44. The molecular formula is C14H14N6. The largest absolute Gasteiger partial charge is 0.345 e. The molecule has 100 valence electrons. The smallest absolute Gasteiger partial charge is 0.209 e. The average Bonchev–Trinajstić information content (AvgIpc) is 3.09. The third-order valence-corrected chi connectivity index (χ3v) is 2.97. The van der Waals surface area contributed by atoms with Crippen LogP contribution in [0.4, 0.5) is 5.69 Å². The topological polar surface area (TPSA) is 88.9 Å². The number of nitrogens with one attached hydrogen (secondary N) is 3. The Morgan fingerprint density at radius 2 is 2.35 bits per heavy atom. The molecule has 0 radical (unpaired) electrons. The summed E-state index contributed by atoms with van der Waals surface area (Å²) in [5.74, 6) is 0.497. The molecule has 0 atom stereocenters. The number of aliphatic imine (C=N–C) groups is 1. The lowest BCUT2D eigenvalue weighted by atomic mass is 10.1. The van der Waals surface area contributed by atoms with Crippen molar-refractivity contribution in [3.8, 4) is 17.5 Å². The van der Waals surface area contributed by atoms with Crippen LogP contribution < -0.4 is 10.6 Å². The number of nitriles is 1. The van der Waals surface area contributed by atoms with Crippen molar-refractivity contribution in [3.63, 3.8) is 0 Å². The van der Waals surface area contributed by atoms with Crippen LogP contribution in [0, 0.1) is 11.5 Å². The van der Waals surface area contributed by atoms with Gasteiger partial charge in [-0.25, -0.2) is 9.98 Å². The van der Waals surface area contributed by atoms with Crippen LogP contribution in [-0.4, -0.2) is 22.0 Å². The Morgan fingerprint density at radius 1 is 1.45 bits per heavy atom. The first-order valence-corrected chi connectivity index (χ1v) is 6.44. The molecule has 1 aliphatic rings. The van der Waals surface area contributed by atoms with E-state index in [9.17, 15) is 0 Å². The number of aromatic nitrogens is 2. The molecule has 3 N–H and O–H groups in total. The standard InChI is InChI=1S/C14H14N6/c15-8-17-14(19-11-4-5-11)20-12-3-1-2-10(6-12)13-7-16-9-18-13/h1-3,6-7,9,11H,4-5H2,(H,16,18)(H2,17,19,20). The van der Waals surface area contributed by atoms with Gasteiger partial charge in [-0.1, -0.05) is 12.1 Å². The van der Waals surface area contributed by atoms with E-state index in [4.69, 9.17) is 5.26 Å². The summed E-state index contributed by atoms with van der Waals surface area (Å²) in [5, 5.41) is 14.5. The van der Waals surface area contributed by atoms with Crippen LogP contribution >= 0.6 is 0 Å². The predicted octanol–water partition coefficient (Wildman–Crippen LogP) is 2.08.